The lowest BCUT2D eigenvalue weighted by molar-refractivity contribution is -0.122. The van der Waals surface area contributed by atoms with Gasteiger partial charge >= 0.3 is 0 Å². The van der Waals surface area contributed by atoms with E-state index in [1.165, 1.54) is 0 Å². The summed E-state index contributed by atoms with van der Waals surface area (Å²) in [6.45, 7) is 0.886. The molecule has 0 aromatic heterocycles. The summed E-state index contributed by atoms with van der Waals surface area (Å²) in [5.41, 5.74) is 0.938. The number of carbonyl (C=O) groups is 1. The number of hydrogen-bond donors (Lipinski definition) is 2. The lowest BCUT2D eigenvalue weighted by Gasteiger charge is -2.22. The highest BCUT2D eigenvalue weighted by Gasteiger charge is 2.22. The van der Waals surface area contributed by atoms with Crippen LogP contribution in [0, 0.1) is 0 Å². The van der Waals surface area contributed by atoms with Crippen molar-refractivity contribution in [3.05, 3.63) is 29.8 Å². The molecule has 0 bridgehead atoms. The number of aromatic hydroxyl groups is 1. The van der Waals surface area contributed by atoms with Crippen LogP contribution >= 0.6 is 0 Å². The highest BCUT2D eigenvalue weighted by atomic mass is 16.3. The highest BCUT2D eigenvalue weighted by molar-refractivity contribution is 5.86. The smallest absolute Gasteiger partial charge is 0.154 e. The second-order valence-corrected chi connectivity index (χ2v) is 3.55. The molecule has 1 aliphatic heterocycles. The van der Waals surface area contributed by atoms with Crippen LogP contribution in [0.2, 0.25) is 0 Å². The van der Waals surface area contributed by atoms with E-state index in [0.29, 0.717) is 6.42 Å². The third-order valence-electron chi connectivity index (χ3n) is 2.50. The number of Topliss-reactive ketones (excluding diaryl/α,β-unsaturated/α-hetero) is 1. The van der Waals surface area contributed by atoms with Gasteiger partial charge in [0, 0.05) is 6.42 Å². The summed E-state index contributed by atoms with van der Waals surface area (Å²) in [5, 5.41) is 12.3. The molecular formula is C11H13NO2. The Balaban J connectivity index is 2.20. The maximum Gasteiger partial charge on any atom is 0.154 e. The standard InChI is InChI=1S/C11H13NO2/c13-9-5-3-8(4-6-9)11-10(14)2-1-7-12-11/h3-6,11-13H,1-2,7H2. The van der Waals surface area contributed by atoms with Crippen molar-refractivity contribution >= 4 is 5.78 Å². The van der Waals surface area contributed by atoms with E-state index in [0.717, 1.165) is 18.5 Å². The predicted molar refractivity (Wildman–Crippen MR) is 53.1 cm³/mol. The van der Waals surface area contributed by atoms with Crippen molar-refractivity contribution in [3.8, 4) is 5.75 Å². The van der Waals surface area contributed by atoms with Gasteiger partial charge < -0.3 is 10.4 Å². The van der Waals surface area contributed by atoms with Crippen LogP contribution in [0.15, 0.2) is 24.3 Å². The summed E-state index contributed by atoms with van der Waals surface area (Å²) in [6, 6.07) is 6.62. The van der Waals surface area contributed by atoms with Gasteiger partial charge in [0.15, 0.2) is 5.78 Å². The van der Waals surface area contributed by atoms with Crippen molar-refractivity contribution in [1.29, 1.82) is 0 Å². The van der Waals surface area contributed by atoms with Gasteiger partial charge in [-0.15, -0.1) is 0 Å². The number of phenolic OH excluding ortho intramolecular Hbond substituents is 1. The zero-order chi connectivity index (χ0) is 9.97. The first-order chi connectivity index (χ1) is 6.77. The van der Waals surface area contributed by atoms with Crippen LogP contribution in [0.4, 0.5) is 0 Å². The van der Waals surface area contributed by atoms with Crippen LogP contribution in [0.25, 0.3) is 0 Å². The Morgan fingerprint density at radius 3 is 2.64 bits per heavy atom. The zero-order valence-corrected chi connectivity index (χ0v) is 7.86. The maximum absolute atomic E-state index is 11.6. The normalized spacial score (nSPS) is 22.3. The molecule has 0 amide bonds. The molecule has 0 spiro atoms. The molecule has 1 atom stereocenters. The number of benzene rings is 1. The van der Waals surface area contributed by atoms with Crippen molar-refractivity contribution in [2.75, 3.05) is 6.54 Å². The molecule has 3 heteroatoms. The Hall–Kier alpha value is -1.35. The van der Waals surface area contributed by atoms with Gasteiger partial charge in [-0.1, -0.05) is 12.1 Å². The SMILES string of the molecule is O=C1CCCNC1c1ccc(O)cc1. The van der Waals surface area contributed by atoms with Gasteiger partial charge in [-0.2, -0.15) is 0 Å². The molecule has 74 valence electrons. The molecule has 1 fully saturated rings. The van der Waals surface area contributed by atoms with E-state index in [2.05, 4.69) is 5.32 Å². The van der Waals surface area contributed by atoms with E-state index < -0.39 is 0 Å². The first-order valence-electron chi connectivity index (χ1n) is 4.82. The summed E-state index contributed by atoms with van der Waals surface area (Å²) >= 11 is 0. The largest absolute Gasteiger partial charge is 0.508 e. The third-order valence-corrected chi connectivity index (χ3v) is 2.50. The van der Waals surface area contributed by atoms with Gasteiger partial charge in [0.1, 0.15) is 5.75 Å². The van der Waals surface area contributed by atoms with Crippen molar-refractivity contribution in [3.63, 3.8) is 0 Å². The first-order valence-corrected chi connectivity index (χ1v) is 4.82. The zero-order valence-electron chi connectivity index (χ0n) is 7.86. The molecule has 1 aliphatic rings. The average molecular weight is 191 g/mol. The fraction of sp³-hybridized carbons (Fsp3) is 0.364. The number of ketones is 1. The van der Waals surface area contributed by atoms with Crippen LogP contribution in [-0.4, -0.2) is 17.4 Å². The Morgan fingerprint density at radius 1 is 1.29 bits per heavy atom. The molecule has 1 unspecified atom stereocenters. The van der Waals surface area contributed by atoms with E-state index >= 15 is 0 Å². The summed E-state index contributed by atoms with van der Waals surface area (Å²) in [4.78, 5) is 11.6. The summed E-state index contributed by atoms with van der Waals surface area (Å²) in [5.74, 6) is 0.471. The van der Waals surface area contributed by atoms with E-state index in [4.69, 9.17) is 5.11 Å². The molecule has 1 aromatic rings. The fourth-order valence-corrected chi connectivity index (χ4v) is 1.74. The first kappa shape index (κ1) is 9.21. The summed E-state index contributed by atoms with van der Waals surface area (Å²) in [6.07, 6.45) is 1.58. The van der Waals surface area contributed by atoms with Crippen LogP contribution in [-0.2, 0) is 4.79 Å². The van der Waals surface area contributed by atoms with E-state index in [1.54, 1.807) is 24.3 Å². The van der Waals surface area contributed by atoms with Crippen molar-refractivity contribution < 1.29 is 9.90 Å². The molecule has 14 heavy (non-hydrogen) atoms. The van der Waals surface area contributed by atoms with Gasteiger partial charge in [0.05, 0.1) is 6.04 Å². The van der Waals surface area contributed by atoms with Gasteiger partial charge in [0.2, 0.25) is 0 Å². The summed E-state index contributed by atoms with van der Waals surface area (Å²) in [7, 11) is 0. The molecule has 1 aromatic carbocycles. The molecule has 0 aliphatic carbocycles. The molecule has 1 saturated heterocycles. The van der Waals surface area contributed by atoms with Gasteiger partial charge in [-0.05, 0) is 30.7 Å². The number of hydrogen-bond acceptors (Lipinski definition) is 3. The minimum atomic E-state index is -0.177. The quantitative estimate of drug-likeness (QED) is 0.705. The number of phenols is 1. The highest BCUT2D eigenvalue weighted by Crippen LogP contribution is 2.21. The summed E-state index contributed by atoms with van der Waals surface area (Å²) < 4.78 is 0. The topological polar surface area (TPSA) is 49.3 Å². The number of nitrogens with one attached hydrogen (secondary N) is 1. The fourth-order valence-electron chi connectivity index (χ4n) is 1.74. The van der Waals surface area contributed by atoms with E-state index in [1.807, 2.05) is 0 Å². The molecule has 2 N–H and O–H groups in total. The molecular weight excluding hydrogens is 178 g/mol. The van der Waals surface area contributed by atoms with Crippen molar-refractivity contribution in [2.45, 2.75) is 18.9 Å². The Morgan fingerprint density at radius 2 is 2.00 bits per heavy atom. The van der Waals surface area contributed by atoms with Crippen LogP contribution < -0.4 is 5.32 Å². The molecule has 2 rings (SSSR count). The van der Waals surface area contributed by atoms with Crippen LogP contribution in [0.5, 0.6) is 5.75 Å². The Bertz CT molecular complexity index is 332. The molecule has 0 radical (unpaired) electrons. The third kappa shape index (κ3) is 1.77. The Labute approximate surface area is 82.8 Å². The van der Waals surface area contributed by atoms with E-state index in [-0.39, 0.29) is 17.6 Å². The van der Waals surface area contributed by atoms with Crippen LogP contribution in [0.3, 0.4) is 0 Å². The monoisotopic (exact) mass is 191 g/mol. The lowest BCUT2D eigenvalue weighted by atomic mass is 9.96. The maximum atomic E-state index is 11.6. The second-order valence-electron chi connectivity index (χ2n) is 3.55. The van der Waals surface area contributed by atoms with Gasteiger partial charge in [-0.3, -0.25) is 4.79 Å². The second kappa shape index (κ2) is 3.80. The lowest BCUT2D eigenvalue weighted by Crippen LogP contribution is -2.34. The number of piperidine rings is 1. The molecule has 0 saturated carbocycles. The van der Waals surface area contributed by atoms with Gasteiger partial charge in [-0.25, -0.2) is 0 Å². The minimum Gasteiger partial charge on any atom is -0.508 e. The van der Waals surface area contributed by atoms with Gasteiger partial charge in [0.25, 0.3) is 0 Å². The predicted octanol–water partition coefficient (Wildman–Crippen LogP) is 1.39. The Kier molecular flexibility index (Phi) is 2.50. The number of rotatable bonds is 1. The van der Waals surface area contributed by atoms with Crippen molar-refractivity contribution in [1.82, 2.24) is 5.32 Å². The van der Waals surface area contributed by atoms with E-state index in [9.17, 15) is 4.79 Å². The molecule has 3 nitrogen and oxygen atoms in total. The van der Waals surface area contributed by atoms with Crippen LogP contribution in [0.1, 0.15) is 24.4 Å². The molecule has 1 heterocycles. The number of carbonyl (C=O) groups excluding carboxylic acids is 1. The van der Waals surface area contributed by atoms with Crippen molar-refractivity contribution in [2.24, 2.45) is 0 Å². The minimum absolute atomic E-state index is 0.177. The average Bonchev–Trinajstić information content (AvgIpc) is 2.20.